The largest absolute Gasteiger partial charge is 0.493 e. The molecule has 0 unspecified atom stereocenters. The first-order chi connectivity index (χ1) is 7.15. The summed E-state index contributed by atoms with van der Waals surface area (Å²) in [5.41, 5.74) is -0.579. The molecule has 82 valence electrons. The molecule has 6 heteroatoms. The zero-order valence-corrected chi connectivity index (χ0v) is 7.85. The van der Waals surface area contributed by atoms with E-state index < -0.39 is 16.4 Å². The fourth-order valence-electron chi connectivity index (χ4n) is 0.980. The molecule has 1 aromatic rings. The van der Waals surface area contributed by atoms with Gasteiger partial charge < -0.3 is 9.84 Å². The number of nitro groups is 1. The van der Waals surface area contributed by atoms with Crippen molar-refractivity contribution >= 4 is 5.69 Å². The van der Waals surface area contributed by atoms with Crippen molar-refractivity contribution in [2.75, 3.05) is 13.2 Å². The molecule has 0 amide bonds. The second-order valence-corrected chi connectivity index (χ2v) is 2.80. The Morgan fingerprint density at radius 3 is 2.80 bits per heavy atom. The Labute approximate surface area is 85.3 Å². The number of hydrogen-bond donors (Lipinski definition) is 1. The second-order valence-electron chi connectivity index (χ2n) is 2.80. The number of nitrogens with zero attached hydrogens (tertiary/aromatic N) is 1. The minimum Gasteiger partial charge on any atom is -0.493 e. The van der Waals surface area contributed by atoms with Gasteiger partial charge in [-0.3, -0.25) is 10.1 Å². The van der Waals surface area contributed by atoms with E-state index in [4.69, 9.17) is 9.84 Å². The molecule has 15 heavy (non-hydrogen) atoms. The first-order valence-electron chi connectivity index (χ1n) is 4.32. The van der Waals surface area contributed by atoms with E-state index in [0.29, 0.717) is 6.42 Å². The molecule has 0 bridgehead atoms. The van der Waals surface area contributed by atoms with Gasteiger partial charge >= 0.3 is 5.69 Å². The van der Waals surface area contributed by atoms with Crippen molar-refractivity contribution in [3.63, 3.8) is 0 Å². The van der Waals surface area contributed by atoms with Gasteiger partial charge in [-0.15, -0.1) is 0 Å². The molecule has 1 aromatic carbocycles. The third kappa shape index (κ3) is 3.17. The van der Waals surface area contributed by atoms with Gasteiger partial charge in [0.1, 0.15) is 5.75 Å². The monoisotopic (exact) mass is 215 g/mol. The lowest BCUT2D eigenvalue weighted by molar-refractivity contribution is -0.387. The maximum atomic E-state index is 13.0. The highest BCUT2D eigenvalue weighted by atomic mass is 19.1. The highest BCUT2D eigenvalue weighted by Gasteiger charge is 2.13. The lowest BCUT2D eigenvalue weighted by Gasteiger charge is -2.04. The van der Waals surface area contributed by atoms with Gasteiger partial charge in [-0.25, -0.2) is 0 Å². The zero-order valence-electron chi connectivity index (χ0n) is 7.85. The van der Waals surface area contributed by atoms with Gasteiger partial charge in [0.2, 0.25) is 5.82 Å². The highest BCUT2D eigenvalue weighted by Crippen LogP contribution is 2.22. The predicted molar refractivity (Wildman–Crippen MR) is 50.3 cm³/mol. The molecule has 0 radical (unpaired) electrons. The van der Waals surface area contributed by atoms with Crippen molar-refractivity contribution in [2.45, 2.75) is 6.42 Å². The summed E-state index contributed by atoms with van der Waals surface area (Å²) in [6.07, 6.45) is 0.429. The quantitative estimate of drug-likeness (QED) is 0.459. The van der Waals surface area contributed by atoms with Crippen LogP contribution in [-0.2, 0) is 0 Å². The average Bonchev–Trinajstić information content (AvgIpc) is 2.17. The number of hydrogen-bond acceptors (Lipinski definition) is 4. The Bertz CT molecular complexity index is 356. The Kier molecular flexibility index (Phi) is 3.99. The second kappa shape index (κ2) is 5.26. The molecule has 1 N–H and O–H groups in total. The average molecular weight is 215 g/mol. The fraction of sp³-hybridized carbons (Fsp3) is 0.333. The van der Waals surface area contributed by atoms with Crippen LogP contribution in [0.15, 0.2) is 18.2 Å². The predicted octanol–water partition coefficient (Wildman–Crippen LogP) is 1.50. The summed E-state index contributed by atoms with van der Waals surface area (Å²) >= 11 is 0. The van der Waals surface area contributed by atoms with E-state index in [1.807, 2.05) is 0 Å². The Morgan fingerprint density at radius 1 is 1.53 bits per heavy atom. The summed E-state index contributed by atoms with van der Waals surface area (Å²) in [4.78, 5) is 9.49. The fourth-order valence-corrected chi connectivity index (χ4v) is 0.980. The normalized spacial score (nSPS) is 10.0. The summed E-state index contributed by atoms with van der Waals surface area (Å²) < 4.78 is 18.1. The van der Waals surface area contributed by atoms with Crippen molar-refractivity contribution in [1.29, 1.82) is 0 Å². The molecule has 1 rings (SSSR count). The molecule has 0 heterocycles. The molecule has 0 saturated carbocycles. The summed E-state index contributed by atoms with van der Waals surface area (Å²) in [5, 5.41) is 18.8. The number of nitro benzene ring substituents is 1. The van der Waals surface area contributed by atoms with E-state index in [0.717, 1.165) is 12.1 Å². The maximum absolute atomic E-state index is 13.0. The molecule has 0 aromatic heterocycles. The standard InChI is InChI=1S/C9H10FNO4/c10-8-6-7(15-5-1-4-12)2-3-9(8)11(13)14/h2-3,6,12H,1,4-5H2. The molecular weight excluding hydrogens is 205 g/mol. The van der Waals surface area contributed by atoms with Crippen LogP contribution in [0.5, 0.6) is 5.75 Å². The van der Waals surface area contributed by atoms with E-state index in [1.165, 1.54) is 6.07 Å². The number of benzene rings is 1. The third-order valence-electron chi connectivity index (χ3n) is 1.69. The smallest absolute Gasteiger partial charge is 0.305 e. The van der Waals surface area contributed by atoms with Gasteiger partial charge in [0.05, 0.1) is 11.5 Å². The molecule has 5 nitrogen and oxygen atoms in total. The lowest BCUT2D eigenvalue weighted by atomic mass is 10.3. The van der Waals surface area contributed by atoms with E-state index in [9.17, 15) is 14.5 Å². The van der Waals surface area contributed by atoms with Gasteiger partial charge in [0, 0.05) is 25.2 Å². The van der Waals surface area contributed by atoms with E-state index in [2.05, 4.69) is 0 Å². The SMILES string of the molecule is O=[N+]([O-])c1ccc(OCCCO)cc1F. The number of aliphatic hydroxyl groups is 1. The summed E-state index contributed by atoms with van der Waals surface area (Å²) in [6, 6.07) is 3.32. The molecule has 0 aliphatic heterocycles. The van der Waals surface area contributed by atoms with Gasteiger partial charge in [-0.2, -0.15) is 4.39 Å². The molecular formula is C9H10FNO4. The third-order valence-corrected chi connectivity index (χ3v) is 1.69. The Hall–Kier alpha value is -1.69. The molecule has 0 atom stereocenters. The maximum Gasteiger partial charge on any atom is 0.305 e. The van der Waals surface area contributed by atoms with Gasteiger partial charge in [-0.05, 0) is 6.07 Å². The van der Waals surface area contributed by atoms with Crippen LogP contribution in [0.1, 0.15) is 6.42 Å². The highest BCUT2D eigenvalue weighted by molar-refractivity contribution is 5.37. The molecule has 0 aliphatic rings. The van der Waals surface area contributed by atoms with Gasteiger partial charge in [0.25, 0.3) is 0 Å². The van der Waals surface area contributed by atoms with Crippen LogP contribution < -0.4 is 4.74 Å². The van der Waals surface area contributed by atoms with Crippen LogP contribution in [-0.4, -0.2) is 23.2 Å². The molecule has 0 saturated heterocycles. The van der Waals surface area contributed by atoms with Crippen LogP contribution >= 0.6 is 0 Å². The summed E-state index contributed by atoms with van der Waals surface area (Å²) in [5.74, 6) is -0.715. The van der Waals surface area contributed by atoms with Crippen molar-refractivity contribution in [2.24, 2.45) is 0 Å². The minimum absolute atomic E-state index is 0.0184. The van der Waals surface area contributed by atoms with Crippen LogP contribution in [0, 0.1) is 15.9 Å². The minimum atomic E-state index is -0.929. The Morgan fingerprint density at radius 2 is 2.27 bits per heavy atom. The van der Waals surface area contributed by atoms with Crippen LogP contribution in [0.25, 0.3) is 0 Å². The first kappa shape index (κ1) is 11.4. The number of rotatable bonds is 5. The molecule has 0 spiro atoms. The van der Waals surface area contributed by atoms with Crippen LogP contribution in [0.3, 0.4) is 0 Å². The first-order valence-corrected chi connectivity index (χ1v) is 4.32. The van der Waals surface area contributed by atoms with E-state index in [1.54, 1.807) is 0 Å². The van der Waals surface area contributed by atoms with Gasteiger partial charge in [0.15, 0.2) is 0 Å². The Balaban J connectivity index is 2.69. The lowest BCUT2D eigenvalue weighted by Crippen LogP contribution is -2.00. The van der Waals surface area contributed by atoms with Crippen LogP contribution in [0.2, 0.25) is 0 Å². The number of ether oxygens (including phenoxy) is 1. The van der Waals surface area contributed by atoms with Gasteiger partial charge in [-0.1, -0.05) is 0 Å². The van der Waals surface area contributed by atoms with Crippen LogP contribution in [0.4, 0.5) is 10.1 Å². The number of aliphatic hydroxyl groups excluding tert-OH is 1. The summed E-state index contributed by atoms with van der Waals surface area (Å²) in [7, 11) is 0. The van der Waals surface area contributed by atoms with Crippen molar-refractivity contribution in [3.05, 3.63) is 34.1 Å². The van der Waals surface area contributed by atoms with Crippen molar-refractivity contribution < 1.29 is 19.2 Å². The molecule has 0 fully saturated rings. The van der Waals surface area contributed by atoms with Crippen molar-refractivity contribution in [1.82, 2.24) is 0 Å². The summed E-state index contributed by atoms with van der Waals surface area (Å²) in [6.45, 7) is 0.225. The zero-order chi connectivity index (χ0) is 11.3. The van der Waals surface area contributed by atoms with E-state index >= 15 is 0 Å². The van der Waals surface area contributed by atoms with Crippen molar-refractivity contribution in [3.8, 4) is 5.75 Å². The van der Waals surface area contributed by atoms with E-state index in [-0.39, 0.29) is 19.0 Å². The molecule has 0 aliphatic carbocycles. The number of halogens is 1. The topological polar surface area (TPSA) is 72.6 Å².